The molecule has 4 rings (SSSR count). The van der Waals surface area contributed by atoms with E-state index in [0.29, 0.717) is 37.7 Å². The Balaban J connectivity index is 1.36. The second kappa shape index (κ2) is 7.55. The van der Waals surface area contributed by atoms with E-state index in [1.165, 1.54) is 11.3 Å². The molecule has 2 aliphatic heterocycles. The lowest BCUT2D eigenvalue weighted by Crippen LogP contribution is -2.52. The van der Waals surface area contributed by atoms with Crippen molar-refractivity contribution in [3.8, 4) is 10.6 Å². The topological polar surface area (TPSA) is 62.7 Å². The van der Waals surface area contributed by atoms with Crippen LogP contribution in [0.5, 0.6) is 0 Å². The summed E-state index contributed by atoms with van der Waals surface area (Å²) in [4.78, 5) is 33.8. The fourth-order valence-electron chi connectivity index (χ4n) is 3.35. The molecule has 3 heterocycles. The molecular formula is C19H21N3O3S. The minimum absolute atomic E-state index is 0.00565. The Bertz CT molecular complexity index is 778. The van der Waals surface area contributed by atoms with Crippen LogP contribution in [0.3, 0.4) is 0 Å². The predicted molar refractivity (Wildman–Crippen MR) is 99.0 cm³/mol. The number of aromatic nitrogens is 1. The van der Waals surface area contributed by atoms with Crippen LogP contribution in [-0.2, 0) is 9.53 Å². The van der Waals surface area contributed by atoms with Crippen LogP contribution in [0.1, 0.15) is 22.5 Å². The third-order valence-electron chi connectivity index (χ3n) is 4.82. The average molecular weight is 371 g/mol. The van der Waals surface area contributed by atoms with Crippen molar-refractivity contribution in [1.29, 1.82) is 0 Å². The van der Waals surface area contributed by atoms with E-state index in [1.807, 2.05) is 40.1 Å². The van der Waals surface area contributed by atoms with Gasteiger partial charge in [0.15, 0.2) is 0 Å². The zero-order valence-corrected chi connectivity index (χ0v) is 15.3. The molecule has 1 aromatic heterocycles. The van der Waals surface area contributed by atoms with E-state index in [0.717, 1.165) is 23.4 Å². The van der Waals surface area contributed by atoms with Gasteiger partial charge in [0, 0.05) is 38.3 Å². The van der Waals surface area contributed by atoms with Crippen LogP contribution in [0.25, 0.3) is 10.6 Å². The first-order chi connectivity index (χ1) is 12.7. The van der Waals surface area contributed by atoms with E-state index in [2.05, 4.69) is 4.98 Å². The highest BCUT2D eigenvalue weighted by Crippen LogP contribution is 2.26. The highest BCUT2D eigenvalue weighted by atomic mass is 32.1. The van der Waals surface area contributed by atoms with Crippen LogP contribution in [0, 0.1) is 0 Å². The number of rotatable bonds is 3. The van der Waals surface area contributed by atoms with E-state index < -0.39 is 0 Å². The van der Waals surface area contributed by atoms with Gasteiger partial charge >= 0.3 is 0 Å². The standard InChI is InChI=1S/C19H21N3O3S/c23-18(15-7-4-12-25-15)21-8-10-22(11-9-21)19(24)16-13-20-17(26-16)14-5-2-1-3-6-14/h1-3,5-6,13,15H,4,7-12H2. The Kier molecular flexibility index (Phi) is 4.99. The molecule has 0 N–H and O–H groups in total. The van der Waals surface area contributed by atoms with Crippen LogP contribution < -0.4 is 0 Å². The zero-order valence-electron chi connectivity index (χ0n) is 14.5. The molecule has 2 aliphatic rings. The van der Waals surface area contributed by atoms with Crippen molar-refractivity contribution >= 4 is 23.2 Å². The van der Waals surface area contributed by atoms with E-state index in [4.69, 9.17) is 4.74 Å². The SMILES string of the molecule is O=C(c1cnc(-c2ccccc2)s1)N1CCN(C(=O)C2CCCO2)CC1. The molecule has 26 heavy (non-hydrogen) atoms. The highest BCUT2D eigenvalue weighted by molar-refractivity contribution is 7.16. The minimum Gasteiger partial charge on any atom is -0.368 e. The molecular weight excluding hydrogens is 350 g/mol. The number of nitrogens with zero attached hydrogens (tertiary/aromatic N) is 3. The van der Waals surface area contributed by atoms with Gasteiger partial charge in [0.2, 0.25) is 0 Å². The molecule has 1 aromatic carbocycles. The number of benzene rings is 1. The quantitative estimate of drug-likeness (QED) is 0.830. The first kappa shape index (κ1) is 17.2. The van der Waals surface area contributed by atoms with Crippen molar-refractivity contribution < 1.29 is 14.3 Å². The molecule has 1 unspecified atom stereocenters. The monoisotopic (exact) mass is 371 g/mol. The molecule has 0 saturated carbocycles. The first-order valence-corrected chi connectivity index (χ1v) is 9.75. The summed E-state index contributed by atoms with van der Waals surface area (Å²) in [6.07, 6.45) is 3.12. The van der Waals surface area contributed by atoms with Gasteiger partial charge in [0.05, 0.1) is 6.20 Å². The Morgan fingerprint density at radius 2 is 1.81 bits per heavy atom. The lowest BCUT2D eigenvalue weighted by molar-refractivity contribution is -0.142. The first-order valence-electron chi connectivity index (χ1n) is 8.93. The Labute approximate surface area is 156 Å². The minimum atomic E-state index is -0.285. The van der Waals surface area contributed by atoms with Crippen molar-refractivity contribution in [2.75, 3.05) is 32.8 Å². The summed E-state index contributed by atoms with van der Waals surface area (Å²) in [5.74, 6) is 0.0626. The molecule has 6 nitrogen and oxygen atoms in total. The smallest absolute Gasteiger partial charge is 0.265 e. The normalized spacial score (nSPS) is 20.4. The van der Waals surface area contributed by atoms with Gasteiger partial charge in [-0.2, -0.15) is 0 Å². The van der Waals surface area contributed by atoms with Gasteiger partial charge in [-0.15, -0.1) is 11.3 Å². The van der Waals surface area contributed by atoms with Crippen LogP contribution in [-0.4, -0.2) is 65.5 Å². The third-order valence-corrected chi connectivity index (χ3v) is 5.86. The van der Waals surface area contributed by atoms with Crippen molar-refractivity contribution in [2.24, 2.45) is 0 Å². The van der Waals surface area contributed by atoms with Gasteiger partial charge in [-0.3, -0.25) is 9.59 Å². The summed E-state index contributed by atoms with van der Waals surface area (Å²) in [6.45, 7) is 2.90. The van der Waals surface area contributed by atoms with Crippen LogP contribution in [0.2, 0.25) is 0 Å². The van der Waals surface area contributed by atoms with Gasteiger partial charge in [-0.1, -0.05) is 30.3 Å². The van der Waals surface area contributed by atoms with Crippen molar-refractivity contribution in [3.05, 3.63) is 41.4 Å². The zero-order chi connectivity index (χ0) is 17.9. The van der Waals surface area contributed by atoms with Crippen LogP contribution >= 0.6 is 11.3 Å². The Morgan fingerprint density at radius 3 is 2.50 bits per heavy atom. The largest absolute Gasteiger partial charge is 0.368 e. The summed E-state index contributed by atoms with van der Waals surface area (Å²) >= 11 is 1.41. The molecule has 7 heteroatoms. The van der Waals surface area contributed by atoms with Gasteiger partial charge < -0.3 is 14.5 Å². The number of hydrogen-bond donors (Lipinski definition) is 0. The maximum Gasteiger partial charge on any atom is 0.265 e. The lowest BCUT2D eigenvalue weighted by atomic mass is 10.2. The van der Waals surface area contributed by atoms with Crippen molar-refractivity contribution in [2.45, 2.75) is 18.9 Å². The Hall–Kier alpha value is -2.25. The number of amides is 2. The lowest BCUT2D eigenvalue weighted by Gasteiger charge is -2.35. The fraction of sp³-hybridized carbons (Fsp3) is 0.421. The van der Waals surface area contributed by atoms with E-state index in [9.17, 15) is 9.59 Å². The molecule has 2 fully saturated rings. The highest BCUT2D eigenvalue weighted by Gasteiger charge is 2.31. The summed E-state index contributed by atoms with van der Waals surface area (Å²) in [6, 6.07) is 9.86. The Morgan fingerprint density at radius 1 is 1.08 bits per heavy atom. The maximum absolute atomic E-state index is 12.7. The van der Waals surface area contributed by atoms with E-state index >= 15 is 0 Å². The van der Waals surface area contributed by atoms with Gasteiger partial charge in [0.25, 0.3) is 11.8 Å². The van der Waals surface area contributed by atoms with Crippen LogP contribution in [0.15, 0.2) is 36.5 Å². The molecule has 2 saturated heterocycles. The third kappa shape index (κ3) is 3.50. The molecule has 0 aliphatic carbocycles. The molecule has 2 aromatic rings. The summed E-state index contributed by atoms with van der Waals surface area (Å²) in [5, 5.41) is 0.848. The van der Waals surface area contributed by atoms with Gasteiger partial charge in [-0.05, 0) is 12.8 Å². The van der Waals surface area contributed by atoms with Crippen molar-refractivity contribution in [3.63, 3.8) is 0 Å². The summed E-state index contributed by atoms with van der Waals surface area (Å²) in [7, 11) is 0. The van der Waals surface area contributed by atoms with E-state index in [-0.39, 0.29) is 17.9 Å². The molecule has 2 amide bonds. The number of carbonyl (C=O) groups excluding carboxylic acids is 2. The fourth-order valence-corrected chi connectivity index (χ4v) is 4.24. The number of hydrogen-bond acceptors (Lipinski definition) is 5. The number of carbonyl (C=O) groups is 2. The van der Waals surface area contributed by atoms with Crippen molar-refractivity contribution in [1.82, 2.24) is 14.8 Å². The number of thiazole rings is 1. The average Bonchev–Trinajstić information content (AvgIpc) is 3.40. The second-order valence-electron chi connectivity index (χ2n) is 6.51. The van der Waals surface area contributed by atoms with E-state index in [1.54, 1.807) is 6.20 Å². The van der Waals surface area contributed by atoms with Gasteiger partial charge in [0.1, 0.15) is 16.0 Å². The number of piperazine rings is 1. The second-order valence-corrected chi connectivity index (χ2v) is 7.55. The molecule has 0 spiro atoms. The van der Waals surface area contributed by atoms with Gasteiger partial charge in [-0.25, -0.2) is 4.98 Å². The molecule has 136 valence electrons. The predicted octanol–water partition coefficient (Wildman–Crippen LogP) is 2.27. The summed E-state index contributed by atoms with van der Waals surface area (Å²) in [5.41, 5.74) is 1.02. The molecule has 1 atom stereocenters. The van der Waals surface area contributed by atoms with Crippen LogP contribution in [0.4, 0.5) is 0 Å². The molecule has 0 bridgehead atoms. The maximum atomic E-state index is 12.7. The summed E-state index contributed by atoms with van der Waals surface area (Å²) < 4.78 is 5.48. The number of ether oxygens (including phenoxy) is 1. The molecule has 0 radical (unpaired) electrons.